The van der Waals surface area contributed by atoms with Crippen molar-refractivity contribution in [2.24, 2.45) is 0 Å². The van der Waals surface area contributed by atoms with Crippen molar-refractivity contribution >= 4 is 28.4 Å². The van der Waals surface area contributed by atoms with E-state index in [0.717, 1.165) is 24.3 Å². The zero-order chi connectivity index (χ0) is 20.9. The number of nitrogens with one attached hydrogen (secondary N) is 1. The van der Waals surface area contributed by atoms with Crippen LogP contribution in [-0.2, 0) is 26.5 Å². The molecule has 28 heavy (non-hydrogen) atoms. The quantitative estimate of drug-likeness (QED) is 0.726. The van der Waals surface area contributed by atoms with Crippen LogP contribution in [0.15, 0.2) is 53.4 Å². The van der Waals surface area contributed by atoms with Crippen molar-refractivity contribution in [1.29, 1.82) is 0 Å². The van der Waals surface area contributed by atoms with Crippen LogP contribution in [0.5, 0.6) is 0 Å². The molecule has 2 aromatic carbocycles. The monoisotopic (exact) mass is 413 g/mol. The van der Waals surface area contributed by atoms with Gasteiger partial charge in [-0.05, 0) is 43.3 Å². The smallest absolute Gasteiger partial charge is 0.416 e. The second kappa shape index (κ2) is 9.01. The van der Waals surface area contributed by atoms with Gasteiger partial charge >= 0.3 is 12.1 Å². The Hall–Kier alpha value is -2.68. The Kier molecular flexibility index (Phi) is 6.95. The van der Waals surface area contributed by atoms with Crippen molar-refractivity contribution in [3.63, 3.8) is 0 Å². The molecule has 2 aromatic rings. The standard InChI is InChI=1S/C19H18F3NO4S/c1-3-28(26)16-7-5-4-6-15(16)18(25)27-12(2)17(24)23-14-10-8-13(9-11-14)19(20,21)22/h4-12H,3H2,1-2H3,(H,23,24)/t12-,28-/m1/s1. The van der Waals surface area contributed by atoms with Crippen LogP contribution in [0.2, 0.25) is 0 Å². The van der Waals surface area contributed by atoms with E-state index in [1.807, 2.05) is 0 Å². The van der Waals surface area contributed by atoms with Crippen LogP contribution >= 0.6 is 0 Å². The molecular formula is C19H18F3NO4S. The van der Waals surface area contributed by atoms with E-state index >= 15 is 0 Å². The third kappa shape index (κ3) is 5.41. The maximum Gasteiger partial charge on any atom is 0.416 e. The van der Waals surface area contributed by atoms with Gasteiger partial charge in [0, 0.05) is 11.4 Å². The van der Waals surface area contributed by atoms with Gasteiger partial charge in [-0.2, -0.15) is 13.2 Å². The zero-order valence-corrected chi connectivity index (χ0v) is 15.9. The normalized spacial score (nSPS) is 13.5. The molecule has 0 aliphatic carbocycles. The second-order valence-corrected chi connectivity index (χ2v) is 7.45. The number of anilines is 1. The van der Waals surface area contributed by atoms with Gasteiger partial charge in [-0.25, -0.2) is 4.79 Å². The van der Waals surface area contributed by atoms with Crippen LogP contribution in [-0.4, -0.2) is 27.9 Å². The largest absolute Gasteiger partial charge is 0.449 e. The third-order valence-corrected chi connectivity index (χ3v) is 5.12. The molecule has 0 fully saturated rings. The summed E-state index contributed by atoms with van der Waals surface area (Å²) in [5.41, 5.74) is -0.615. The van der Waals surface area contributed by atoms with Gasteiger partial charge in [0.2, 0.25) is 0 Å². The Morgan fingerprint density at radius 3 is 2.29 bits per heavy atom. The average molecular weight is 413 g/mol. The van der Waals surface area contributed by atoms with Crippen LogP contribution in [0.3, 0.4) is 0 Å². The number of benzene rings is 2. The molecule has 0 radical (unpaired) electrons. The highest BCUT2D eigenvalue weighted by molar-refractivity contribution is 7.85. The van der Waals surface area contributed by atoms with Crippen LogP contribution in [0, 0.1) is 0 Å². The highest BCUT2D eigenvalue weighted by Gasteiger charge is 2.30. The summed E-state index contributed by atoms with van der Waals surface area (Å²) < 4.78 is 54.9. The lowest BCUT2D eigenvalue weighted by Crippen LogP contribution is -2.30. The van der Waals surface area contributed by atoms with Crippen LogP contribution in [0.25, 0.3) is 0 Å². The van der Waals surface area contributed by atoms with E-state index in [1.165, 1.54) is 13.0 Å². The third-order valence-electron chi connectivity index (χ3n) is 3.75. The van der Waals surface area contributed by atoms with Gasteiger partial charge < -0.3 is 10.1 Å². The molecule has 150 valence electrons. The highest BCUT2D eigenvalue weighted by Crippen LogP contribution is 2.29. The van der Waals surface area contributed by atoms with Crippen LogP contribution in [0.1, 0.15) is 29.8 Å². The molecule has 1 N–H and O–H groups in total. The number of amides is 1. The highest BCUT2D eigenvalue weighted by atomic mass is 32.2. The summed E-state index contributed by atoms with van der Waals surface area (Å²) in [6.07, 6.45) is -5.69. The number of carbonyl (C=O) groups is 2. The minimum atomic E-state index is -4.47. The lowest BCUT2D eigenvalue weighted by molar-refractivity contribution is -0.137. The van der Waals surface area contributed by atoms with Gasteiger partial charge in [-0.1, -0.05) is 19.1 Å². The van der Waals surface area contributed by atoms with Crippen molar-refractivity contribution in [2.75, 3.05) is 11.1 Å². The average Bonchev–Trinajstić information content (AvgIpc) is 2.66. The van der Waals surface area contributed by atoms with E-state index in [2.05, 4.69) is 5.32 Å². The fourth-order valence-corrected chi connectivity index (χ4v) is 3.19. The Morgan fingerprint density at radius 1 is 1.11 bits per heavy atom. The number of halogens is 3. The molecule has 2 atom stereocenters. The van der Waals surface area contributed by atoms with Crippen LogP contribution in [0.4, 0.5) is 18.9 Å². The number of rotatable bonds is 6. The lowest BCUT2D eigenvalue weighted by atomic mass is 10.2. The molecule has 0 aliphatic rings. The van der Waals surface area contributed by atoms with Crippen LogP contribution < -0.4 is 5.32 Å². The van der Waals surface area contributed by atoms with E-state index in [-0.39, 0.29) is 11.3 Å². The molecule has 0 aromatic heterocycles. The minimum Gasteiger partial charge on any atom is -0.449 e. The van der Waals surface area contributed by atoms with Crippen molar-refractivity contribution in [3.8, 4) is 0 Å². The Morgan fingerprint density at radius 2 is 1.71 bits per heavy atom. The number of alkyl halides is 3. The van der Waals surface area contributed by atoms with Crippen molar-refractivity contribution in [1.82, 2.24) is 0 Å². The summed E-state index contributed by atoms with van der Waals surface area (Å²) in [6, 6.07) is 10.1. The molecule has 0 saturated carbocycles. The van der Waals surface area contributed by atoms with E-state index < -0.39 is 40.5 Å². The number of carbonyl (C=O) groups excluding carboxylic acids is 2. The topological polar surface area (TPSA) is 72.5 Å². The molecule has 0 heterocycles. The first-order valence-electron chi connectivity index (χ1n) is 8.30. The maximum atomic E-state index is 12.6. The van der Waals surface area contributed by atoms with E-state index in [1.54, 1.807) is 25.1 Å². The van der Waals surface area contributed by atoms with Gasteiger partial charge in [0.1, 0.15) is 0 Å². The van der Waals surface area contributed by atoms with E-state index in [9.17, 15) is 27.0 Å². The molecule has 0 aliphatic heterocycles. The molecular weight excluding hydrogens is 395 g/mol. The Labute approximate surface area is 162 Å². The summed E-state index contributed by atoms with van der Waals surface area (Å²) in [4.78, 5) is 24.8. The molecule has 0 saturated heterocycles. The molecule has 0 bridgehead atoms. The van der Waals surface area contributed by atoms with Gasteiger partial charge in [0.15, 0.2) is 6.10 Å². The number of hydrogen-bond acceptors (Lipinski definition) is 4. The second-order valence-electron chi connectivity index (χ2n) is 5.74. The molecule has 1 amide bonds. The fraction of sp³-hybridized carbons (Fsp3) is 0.263. The summed E-state index contributed by atoms with van der Waals surface area (Å²) in [5, 5.41) is 2.38. The van der Waals surface area contributed by atoms with Crippen molar-refractivity contribution in [2.45, 2.75) is 31.0 Å². The van der Waals surface area contributed by atoms with Gasteiger partial charge in [0.05, 0.1) is 26.8 Å². The minimum absolute atomic E-state index is 0.0943. The summed E-state index contributed by atoms with van der Waals surface area (Å²) >= 11 is 0. The van der Waals surface area contributed by atoms with Gasteiger partial charge in [0.25, 0.3) is 5.91 Å². The predicted molar refractivity (Wildman–Crippen MR) is 98.3 cm³/mol. The zero-order valence-electron chi connectivity index (χ0n) is 15.1. The SMILES string of the molecule is CC[S@@](=O)c1ccccc1C(=O)O[C@H](C)C(=O)Nc1ccc(C(F)(F)F)cc1. The molecule has 0 spiro atoms. The van der Waals surface area contributed by atoms with E-state index in [4.69, 9.17) is 4.74 Å². The fourth-order valence-electron chi connectivity index (χ4n) is 2.25. The van der Waals surface area contributed by atoms with Crippen molar-refractivity contribution < 1.29 is 31.7 Å². The molecule has 5 nitrogen and oxygen atoms in total. The summed E-state index contributed by atoms with van der Waals surface area (Å²) in [7, 11) is -1.38. The molecule has 0 unspecified atom stereocenters. The predicted octanol–water partition coefficient (Wildman–Crippen LogP) is 4.02. The lowest BCUT2D eigenvalue weighted by Gasteiger charge is -2.15. The first-order chi connectivity index (χ1) is 13.1. The Balaban J connectivity index is 2.05. The van der Waals surface area contributed by atoms with Gasteiger partial charge in [-0.15, -0.1) is 0 Å². The summed E-state index contributed by atoms with van der Waals surface area (Å²) in [5.74, 6) is -1.21. The number of esters is 1. The molecule has 2 rings (SSSR count). The maximum absolute atomic E-state index is 12.6. The number of hydrogen-bond donors (Lipinski definition) is 1. The first-order valence-corrected chi connectivity index (χ1v) is 9.62. The number of ether oxygens (including phenoxy) is 1. The van der Waals surface area contributed by atoms with Crippen molar-refractivity contribution in [3.05, 3.63) is 59.7 Å². The Bertz CT molecular complexity index is 881. The molecule has 9 heteroatoms. The summed E-state index contributed by atoms with van der Waals surface area (Å²) in [6.45, 7) is 3.04. The van der Waals surface area contributed by atoms with E-state index in [0.29, 0.717) is 10.6 Å². The first kappa shape index (κ1) is 21.6. The van der Waals surface area contributed by atoms with Gasteiger partial charge in [-0.3, -0.25) is 9.00 Å².